The zero-order chi connectivity index (χ0) is 21.2. The van der Waals surface area contributed by atoms with Crippen molar-refractivity contribution in [2.75, 3.05) is 0 Å². The molecule has 0 spiro atoms. The normalized spacial score (nSPS) is 16.8. The van der Waals surface area contributed by atoms with E-state index >= 15 is 0 Å². The smallest absolute Gasteiger partial charge is 0.387 e. The largest absolute Gasteiger partial charge is 0.417 e. The lowest BCUT2D eigenvalue weighted by Gasteiger charge is -2.34. The Balaban J connectivity index is 1.99. The van der Waals surface area contributed by atoms with Gasteiger partial charge in [-0.3, -0.25) is 4.79 Å². The van der Waals surface area contributed by atoms with Crippen molar-refractivity contribution < 1.29 is 23.1 Å². The Bertz CT molecular complexity index is 966. The highest BCUT2D eigenvalue weighted by atomic mass is 35.5. The molecule has 2 N–H and O–H groups in total. The molecule has 1 heterocycles. The molecule has 3 rings (SSSR count). The van der Waals surface area contributed by atoms with Gasteiger partial charge in [-0.25, -0.2) is 4.98 Å². The van der Waals surface area contributed by atoms with Crippen molar-refractivity contribution in [3.05, 3.63) is 63.9 Å². The number of pyridine rings is 1. The van der Waals surface area contributed by atoms with Crippen molar-refractivity contribution >= 4 is 17.5 Å². The Kier molecular flexibility index (Phi) is 5.82. The van der Waals surface area contributed by atoms with E-state index < -0.39 is 40.0 Å². The van der Waals surface area contributed by atoms with Gasteiger partial charge < -0.3 is 10.4 Å². The molecule has 0 unspecified atom stereocenters. The lowest BCUT2D eigenvalue weighted by Crippen LogP contribution is -2.44. The first kappa shape index (κ1) is 21.1. The number of benzene rings is 1. The summed E-state index contributed by atoms with van der Waals surface area (Å²) >= 11 is 5.81. The molecule has 1 amide bonds. The van der Waals surface area contributed by atoms with Crippen LogP contribution in [0, 0.1) is 11.3 Å². The summed E-state index contributed by atoms with van der Waals surface area (Å²) in [6.45, 7) is 0. The van der Waals surface area contributed by atoms with Gasteiger partial charge in [0.1, 0.15) is 5.69 Å². The number of aliphatic hydroxyl groups is 1. The summed E-state index contributed by atoms with van der Waals surface area (Å²) < 4.78 is 39.3. The number of alkyl halides is 3. The fraction of sp³-hybridized carbons (Fsp3) is 0.350. The van der Waals surface area contributed by atoms with Crippen LogP contribution < -0.4 is 5.32 Å². The van der Waals surface area contributed by atoms with Crippen LogP contribution in [-0.2, 0) is 6.18 Å². The first-order valence-corrected chi connectivity index (χ1v) is 9.28. The molecule has 0 aliphatic heterocycles. The van der Waals surface area contributed by atoms with Gasteiger partial charge in [-0.15, -0.1) is 0 Å². The van der Waals surface area contributed by atoms with Gasteiger partial charge in [0.05, 0.1) is 33.9 Å². The van der Waals surface area contributed by atoms with Crippen LogP contribution in [0.2, 0.25) is 5.02 Å². The number of hydrogen-bond acceptors (Lipinski definition) is 4. The molecule has 5 nitrogen and oxygen atoms in total. The Hall–Kier alpha value is -2.63. The molecule has 1 fully saturated rings. The second-order valence-electron chi connectivity index (χ2n) is 6.97. The molecule has 0 radical (unpaired) electrons. The van der Waals surface area contributed by atoms with Crippen LogP contribution in [-0.4, -0.2) is 21.6 Å². The predicted octanol–water partition coefficient (Wildman–Crippen LogP) is 4.40. The lowest BCUT2D eigenvalue weighted by molar-refractivity contribution is -0.137. The zero-order valence-electron chi connectivity index (χ0n) is 15.1. The van der Waals surface area contributed by atoms with Crippen LogP contribution in [0.25, 0.3) is 0 Å². The fourth-order valence-electron chi connectivity index (χ4n) is 3.61. The van der Waals surface area contributed by atoms with Gasteiger partial charge >= 0.3 is 6.18 Å². The SMILES string of the molecule is N#Cc1cccc([C@H](NC(=O)c2nccc(C(F)(F)F)c2Cl)C2(O)CCCC2)c1. The molecule has 1 aromatic carbocycles. The third-order valence-electron chi connectivity index (χ3n) is 5.04. The molecule has 29 heavy (non-hydrogen) atoms. The molecule has 152 valence electrons. The third-order valence-corrected chi connectivity index (χ3v) is 5.42. The highest BCUT2D eigenvalue weighted by Gasteiger charge is 2.42. The molecule has 2 aromatic rings. The predicted molar refractivity (Wildman–Crippen MR) is 99.0 cm³/mol. The van der Waals surface area contributed by atoms with Gasteiger partial charge in [0.2, 0.25) is 0 Å². The summed E-state index contributed by atoms with van der Waals surface area (Å²) in [6, 6.07) is 8.11. The van der Waals surface area contributed by atoms with E-state index in [1.807, 2.05) is 6.07 Å². The van der Waals surface area contributed by atoms with E-state index in [-0.39, 0.29) is 0 Å². The minimum absolute atomic E-state index is 0.332. The van der Waals surface area contributed by atoms with Crippen LogP contribution in [0.3, 0.4) is 0 Å². The maximum atomic E-state index is 13.1. The number of aromatic nitrogens is 1. The number of nitrogens with one attached hydrogen (secondary N) is 1. The summed E-state index contributed by atoms with van der Waals surface area (Å²) in [5.74, 6) is -0.936. The number of halogens is 4. The Labute approximate surface area is 170 Å². The monoisotopic (exact) mass is 423 g/mol. The summed E-state index contributed by atoms with van der Waals surface area (Å²) in [7, 11) is 0. The van der Waals surface area contributed by atoms with Crippen molar-refractivity contribution in [3.8, 4) is 6.07 Å². The number of carbonyl (C=O) groups excluding carboxylic acids is 1. The van der Waals surface area contributed by atoms with E-state index in [9.17, 15) is 23.1 Å². The lowest BCUT2D eigenvalue weighted by atomic mass is 9.86. The van der Waals surface area contributed by atoms with Crippen LogP contribution in [0.15, 0.2) is 36.5 Å². The van der Waals surface area contributed by atoms with Crippen molar-refractivity contribution in [3.63, 3.8) is 0 Å². The summed E-state index contributed by atoms with van der Waals surface area (Å²) in [6.07, 6.45) is -1.60. The van der Waals surface area contributed by atoms with Gasteiger partial charge in [0.25, 0.3) is 5.91 Å². The Morgan fingerprint density at radius 2 is 2.00 bits per heavy atom. The number of rotatable bonds is 4. The van der Waals surface area contributed by atoms with Gasteiger partial charge in [-0.2, -0.15) is 18.4 Å². The second kappa shape index (κ2) is 8.01. The van der Waals surface area contributed by atoms with E-state index in [2.05, 4.69) is 10.3 Å². The average Bonchev–Trinajstić information content (AvgIpc) is 3.12. The zero-order valence-corrected chi connectivity index (χ0v) is 15.9. The Morgan fingerprint density at radius 3 is 2.62 bits per heavy atom. The molecule has 0 bridgehead atoms. The highest BCUT2D eigenvalue weighted by molar-refractivity contribution is 6.34. The van der Waals surface area contributed by atoms with Gasteiger partial charge in [-0.1, -0.05) is 36.6 Å². The molecule has 9 heteroatoms. The fourth-order valence-corrected chi connectivity index (χ4v) is 3.92. The maximum Gasteiger partial charge on any atom is 0.417 e. The van der Waals surface area contributed by atoms with E-state index in [1.165, 1.54) is 6.07 Å². The Morgan fingerprint density at radius 1 is 1.31 bits per heavy atom. The van der Waals surface area contributed by atoms with Crippen LogP contribution >= 0.6 is 11.6 Å². The second-order valence-corrected chi connectivity index (χ2v) is 7.35. The topological polar surface area (TPSA) is 86.0 Å². The van der Waals surface area contributed by atoms with Crippen LogP contribution in [0.1, 0.15) is 58.9 Å². The standard InChI is InChI=1S/C20H17ClF3N3O2/c21-15-14(20(22,23)24)6-9-26-16(15)18(28)27-17(19(29)7-1-2-8-19)13-5-3-4-12(10-13)11-25/h3-6,9-10,17,29H,1-2,7-8H2,(H,27,28)/t17-/m0/s1. The van der Waals surface area contributed by atoms with Crippen molar-refractivity contribution in [2.24, 2.45) is 0 Å². The molecule has 1 saturated carbocycles. The minimum atomic E-state index is -4.74. The molecule has 1 aliphatic rings. The molecule has 1 aliphatic carbocycles. The quantitative estimate of drug-likeness (QED) is 0.763. The number of amides is 1. The summed E-state index contributed by atoms with van der Waals surface area (Å²) in [5, 5.41) is 22.0. The van der Waals surface area contributed by atoms with Crippen LogP contribution in [0.4, 0.5) is 13.2 Å². The van der Waals surface area contributed by atoms with Gasteiger partial charge in [-0.05, 0) is 36.6 Å². The van der Waals surface area contributed by atoms with E-state index in [1.54, 1.807) is 18.2 Å². The molecular formula is C20H17ClF3N3O2. The molecule has 0 saturated heterocycles. The maximum absolute atomic E-state index is 13.1. The molecular weight excluding hydrogens is 407 g/mol. The molecule has 1 aromatic heterocycles. The van der Waals surface area contributed by atoms with Crippen molar-refractivity contribution in [1.82, 2.24) is 10.3 Å². The first-order chi connectivity index (χ1) is 13.7. The third kappa shape index (κ3) is 4.36. The van der Waals surface area contributed by atoms with Gasteiger partial charge in [0.15, 0.2) is 0 Å². The van der Waals surface area contributed by atoms with E-state index in [0.29, 0.717) is 30.0 Å². The average molecular weight is 424 g/mol. The summed E-state index contributed by atoms with van der Waals surface area (Å²) in [4.78, 5) is 16.5. The number of nitriles is 1. The minimum Gasteiger partial charge on any atom is -0.387 e. The summed E-state index contributed by atoms with van der Waals surface area (Å²) in [5.41, 5.74) is -2.23. The van der Waals surface area contributed by atoms with Crippen molar-refractivity contribution in [1.29, 1.82) is 5.26 Å². The van der Waals surface area contributed by atoms with Crippen LogP contribution in [0.5, 0.6) is 0 Å². The number of nitrogens with zero attached hydrogens (tertiary/aromatic N) is 2. The number of hydrogen-bond donors (Lipinski definition) is 2. The van der Waals surface area contributed by atoms with E-state index in [4.69, 9.17) is 16.9 Å². The van der Waals surface area contributed by atoms with Crippen molar-refractivity contribution in [2.45, 2.75) is 43.5 Å². The van der Waals surface area contributed by atoms with Gasteiger partial charge in [0, 0.05) is 6.20 Å². The van der Waals surface area contributed by atoms with E-state index in [0.717, 1.165) is 19.0 Å². The highest BCUT2D eigenvalue weighted by Crippen LogP contribution is 2.41. The first-order valence-electron chi connectivity index (χ1n) is 8.91. The number of carbonyl (C=O) groups is 1. The molecule has 1 atom stereocenters.